The zero-order valence-electron chi connectivity index (χ0n) is 16.2. The highest BCUT2D eigenvalue weighted by molar-refractivity contribution is 7.86. The Morgan fingerprint density at radius 3 is 2.53 bits per heavy atom. The highest BCUT2D eigenvalue weighted by atomic mass is 32.2. The molecule has 2 aliphatic carbocycles. The first-order chi connectivity index (χ1) is 13.7. The number of ether oxygens (including phenoxy) is 3. The topological polar surface area (TPSA) is 136 Å². The first-order valence-corrected chi connectivity index (χ1v) is 10.8. The zero-order chi connectivity index (χ0) is 22.6. The van der Waals surface area contributed by atoms with E-state index in [-0.39, 0.29) is 11.8 Å². The Kier molecular flexibility index (Phi) is 5.89. The summed E-state index contributed by atoms with van der Waals surface area (Å²) in [5.41, 5.74) is -1.17. The van der Waals surface area contributed by atoms with Crippen molar-refractivity contribution in [2.75, 3.05) is 13.2 Å². The Morgan fingerprint density at radius 2 is 1.97 bits per heavy atom. The van der Waals surface area contributed by atoms with Gasteiger partial charge >= 0.3 is 27.3 Å². The maximum Gasteiger partial charge on any atom is 0.400 e. The molecule has 0 aromatic heterocycles. The summed E-state index contributed by atoms with van der Waals surface area (Å²) in [5.74, 6) is -2.63. The number of alkyl halides is 3. The number of rotatable bonds is 9. The van der Waals surface area contributed by atoms with Gasteiger partial charge in [-0.3, -0.25) is 9.35 Å². The van der Waals surface area contributed by atoms with Crippen molar-refractivity contribution in [2.24, 2.45) is 23.7 Å². The third-order valence-electron chi connectivity index (χ3n) is 6.10. The Balaban J connectivity index is 1.51. The van der Waals surface area contributed by atoms with E-state index in [1.807, 2.05) is 0 Å². The number of halogens is 3. The number of fused-ring (bicyclic) bond motifs is 1. The van der Waals surface area contributed by atoms with Crippen LogP contribution < -0.4 is 0 Å². The molecule has 2 saturated carbocycles. The quantitative estimate of drug-likeness (QED) is 0.376. The minimum Gasteiger partial charge on any atom is -0.464 e. The molecule has 172 valence electrons. The predicted molar refractivity (Wildman–Crippen MR) is 91.5 cm³/mol. The van der Waals surface area contributed by atoms with Gasteiger partial charge in [0.25, 0.3) is 0 Å². The largest absolute Gasteiger partial charge is 0.464 e. The SMILES string of the molecule is CC(C)(O)C1C2CC3C(OC(=O)C31)C2OCC(=O)OCCC(F)C(F)(F)S(=O)(=O)O. The zero-order valence-corrected chi connectivity index (χ0v) is 17.0. The second-order valence-corrected chi connectivity index (χ2v) is 9.95. The number of aliphatic hydroxyl groups is 1. The van der Waals surface area contributed by atoms with E-state index < -0.39 is 82.8 Å². The van der Waals surface area contributed by atoms with E-state index in [1.54, 1.807) is 13.8 Å². The lowest BCUT2D eigenvalue weighted by molar-refractivity contribution is -0.159. The third-order valence-corrected chi connectivity index (χ3v) is 7.04. The van der Waals surface area contributed by atoms with Crippen molar-refractivity contribution in [3.63, 3.8) is 0 Å². The van der Waals surface area contributed by atoms with Crippen molar-refractivity contribution >= 4 is 22.1 Å². The number of hydrogen-bond donors (Lipinski definition) is 2. The van der Waals surface area contributed by atoms with Crippen LogP contribution in [0.25, 0.3) is 0 Å². The Bertz CT molecular complexity index is 810. The van der Waals surface area contributed by atoms with Crippen LogP contribution in [0.1, 0.15) is 26.7 Å². The lowest BCUT2D eigenvalue weighted by Gasteiger charge is -2.38. The normalized spacial score (nSPS) is 34.2. The number of carbonyl (C=O) groups is 2. The molecule has 9 nitrogen and oxygen atoms in total. The highest BCUT2D eigenvalue weighted by Crippen LogP contribution is 2.61. The summed E-state index contributed by atoms with van der Waals surface area (Å²) in [5, 5.41) is 5.43. The van der Waals surface area contributed by atoms with Gasteiger partial charge in [0, 0.05) is 18.3 Å². The van der Waals surface area contributed by atoms with Crippen molar-refractivity contribution < 1.29 is 55.0 Å². The lowest BCUT2D eigenvalue weighted by Crippen LogP contribution is -2.48. The number of carbonyl (C=O) groups excluding carboxylic acids is 2. The summed E-state index contributed by atoms with van der Waals surface area (Å²) in [7, 11) is -5.94. The van der Waals surface area contributed by atoms with Crippen molar-refractivity contribution in [1.82, 2.24) is 0 Å². The van der Waals surface area contributed by atoms with Crippen molar-refractivity contribution in [3.05, 3.63) is 0 Å². The van der Waals surface area contributed by atoms with Gasteiger partial charge in [0.05, 0.1) is 24.2 Å². The van der Waals surface area contributed by atoms with E-state index in [4.69, 9.17) is 14.0 Å². The first kappa shape index (κ1) is 23.2. The van der Waals surface area contributed by atoms with E-state index in [0.717, 1.165) is 0 Å². The van der Waals surface area contributed by atoms with Crippen LogP contribution in [0.4, 0.5) is 13.2 Å². The van der Waals surface area contributed by atoms with Gasteiger partial charge in [-0.2, -0.15) is 17.2 Å². The fraction of sp³-hybridized carbons (Fsp3) is 0.882. The second-order valence-electron chi connectivity index (χ2n) is 8.46. The summed E-state index contributed by atoms with van der Waals surface area (Å²) in [6.07, 6.45) is -5.05. The van der Waals surface area contributed by atoms with Gasteiger partial charge in [0.15, 0.2) is 6.17 Å². The van der Waals surface area contributed by atoms with Crippen LogP contribution in [-0.4, -0.2) is 72.5 Å². The summed E-state index contributed by atoms with van der Waals surface area (Å²) in [6, 6.07) is 0. The molecule has 1 aliphatic heterocycles. The number of esters is 2. The van der Waals surface area contributed by atoms with Crippen molar-refractivity contribution in [3.8, 4) is 0 Å². The third kappa shape index (κ3) is 3.92. The molecule has 3 fully saturated rings. The van der Waals surface area contributed by atoms with Gasteiger partial charge in [-0.25, -0.2) is 9.18 Å². The molecule has 30 heavy (non-hydrogen) atoms. The maximum absolute atomic E-state index is 13.4. The molecule has 3 aliphatic rings. The van der Waals surface area contributed by atoms with Crippen molar-refractivity contribution in [2.45, 2.75) is 55.9 Å². The van der Waals surface area contributed by atoms with E-state index in [2.05, 4.69) is 4.74 Å². The molecular formula is C17H23F3O9S. The smallest absolute Gasteiger partial charge is 0.400 e. The second kappa shape index (κ2) is 7.61. The van der Waals surface area contributed by atoms with Crippen LogP contribution in [0, 0.1) is 23.7 Å². The molecule has 0 aromatic rings. The van der Waals surface area contributed by atoms with Gasteiger partial charge in [0.1, 0.15) is 12.7 Å². The molecule has 2 N–H and O–H groups in total. The Labute approximate surface area is 170 Å². The van der Waals surface area contributed by atoms with Crippen LogP contribution in [-0.2, 0) is 33.9 Å². The Morgan fingerprint density at radius 1 is 1.33 bits per heavy atom. The summed E-state index contributed by atoms with van der Waals surface area (Å²) < 4.78 is 84.3. The molecule has 7 atom stereocenters. The van der Waals surface area contributed by atoms with E-state index in [0.29, 0.717) is 6.42 Å². The van der Waals surface area contributed by atoms with E-state index >= 15 is 0 Å². The van der Waals surface area contributed by atoms with Crippen LogP contribution in [0.5, 0.6) is 0 Å². The van der Waals surface area contributed by atoms with Gasteiger partial charge < -0.3 is 19.3 Å². The fourth-order valence-electron chi connectivity index (χ4n) is 4.99. The van der Waals surface area contributed by atoms with Crippen LogP contribution in [0.3, 0.4) is 0 Å². The van der Waals surface area contributed by atoms with Crippen molar-refractivity contribution in [1.29, 1.82) is 0 Å². The van der Waals surface area contributed by atoms with Crippen LogP contribution in [0.2, 0.25) is 0 Å². The van der Waals surface area contributed by atoms with E-state index in [9.17, 15) is 36.3 Å². The molecule has 0 spiro atoms. The van der Waals surface area contributed by atoms with Gasteiger partial charge in [-0.1, -0.05) is 0 Å². The molecule has 7 unspecified atom stereocenters. The molecule has 0 aromatic carbocycles. The van der Waals surface area contributed by atoms with Gasteiger partial charge in [-0.15, -0.1) is 0 Å². The van der Waals surface area contributed by atoms with Gasteiger partial charge in [-0.05, 0) is 26.2 Å². The maximum atomic E-state index is 13.4. The van der Waals surface area contributed by atoms with Gasteiger partial charge in [0.2, 0.25) is 0 Å². The minimum absolute atomic E-state index is 0.130. The Hall–Kier alpha value is -1.44. The van der Waals surface area contributed by atoms with Crippen LogP contribution in [0.15, 0.2) is 0 Å². The average molecular weight is 460 g/mol. The minimum atomic E-state index is -5.94. The fourth-order valence-corrected chi connectivity index (χ4v) is 5.43. The molecular weight excluding hydrogens is 437 g/mol. The van der Waals surface area contributed by atoms with Crippen LogP contribution >= 0.6 is 0 Å². The molecule has 0 radical (unpaired) electrons. The van der Waals surface area contributed by atoms with E-state index in [1.165, 1.54) is 0 Å². The standard InChI is InChI=1S/C17H23F3O9S/c1-16(2,23)12-8-5-7-11(12)15(22)29-14(7)13(8)28-6-10(21)27-4-3-9(18)17(19,20)30(24,25)26/h7-9,11-14,23H,3-6H2,1-2H3,(H,24,25,26). The lowest BCUT2D eigenvalue weighted by atomic mass is 9.71. The molecule has 0 amide bonds. The molecule has 1 heterocycles. The molecule has 13 heteroatoms. The predicted octanol–water partition coefficient (Wildman–Crippen LogP) is 0.702. The molecule has 1 saturated heterocycles. The molecule has 3 rings (SSSR count). The monoisotopic (exact) mass is 460 g/mol. The summed E-state index contributed by atoms with van der Waals surface area (Å²) >= 11 is 0. The number of hydrogen-bond acceptors (Lipinski definition) is 8. The highest BCUT2D eigenvalue weighted by Gasteiger charge is 2.69. The first-order valence-electron chi connectivity index (χ1n) is 9.35. The molecule has 2 bridgehead atoms. The summed E-state index contributed by atoms with van der Waals surface area (Å²) in [6.45, 7) is 1.68. The average Bonchev–Trinajstić information content (AvgIpc) is 3.20. The summed E-state index contributed by atoms with van der Waals surface area (Å²) in [4.78, 5) is 24.0.